The number of hydrogen-bond acceptors (Lipinski definition) is 1. The first kappa shape index (κ1) is 16.8. The summed E-state index contributed by atoms with van der Waals surface area (Å²) in [5.74, 6) is -1.96. The third-order valence-electron chi connectivity index (χ3n) is 3.62. The predicted octanol–water partition coefficient (Wildman–Crippen LogP) is 4.04. The van der Waals surface area contributed by atoms with Crippen LogP contribution >= 0.6 is 15.9 Å². The first-order valence-corrected chi connectivity index (χ1v) is 7.97. The number of nitrogens with one attached hydrogen (secondary N) is 1. The Morgan fingerprint density at radius 3 is 2.58 bits per heavy atom. The molecule has 0 aromatic heterocycles. The van der Waals surface area contributed by atoms with Crippen molar-refractivity contribution in [2.45, 2.75) is 51.1 Å². The fourth-order valence-electron chi connectivity index (χ4n) is 2.48. The predicted molar refractivity (Wildman–Crippen MR) is 72.2 cm³/mol. The summed E-state index contributed by atoms with van der Waals surface area (Å²) >= 11 is 3.32. The van der Waals surface area contributed by atoms with Gasteiger partial charge in [-0.05, 0) is 32.1 Å². The number of halogens is 4. The lowest BCUT2D eigenvalue weighted by atomic mass is 9.80. The normalized spacial score (nSPS) is 24.2. The zero-order chi connectivity index (χ0) is 14.3. The number of carbonyl (C=O) groups excluding carboxylic acids is 1. The summed E-state index contributed by atoms with van der Waals surface area (Å²) in [7, 11) is 0. The van der Waals surface area contributed by atoms with Crippen LogP contribution in [0.1, 0.15) is 44.9 Å². The van der Waals surface area contributed by atoms with Gasteiger partial charge in [0.25, 0.3) is 0 Å². The van der Waals surface area contributed by atoms with Crippen LogP contribution in [0.25, 0.3) is 0 Å². The van der Waals surface area contributed by atoms with Crippen LogP contribution in [0.2, 0.25) is 0 Å². The second-order valence-corrected chi connectivity index (χ2v) is 5.94. The Hall–Kier alpha value is -0.260. The molecule has 1 N–H and O–H groups in total. The van der Waals surface area contributed by atoms with Gasteiger partial charge in [-0.25, -0.2) is 0 Å². The van der Waals surface area contributed by atoms with E-state index in [0.29, 0.717) is 19.4 Å². The Bertz CT molecular complexity index is 284. The van der Waals surface area contributed by atoms with Crippen LogP contribution in [0.4, 0.5) is 13.2 Å². The summed E-state index contributed by atoms with van der Waals surface area (Å²) in [6.45, 7) is 0.568. The van der Waals surface area contributed by atoms with E-state index in [0.717, 1.165) is 24.6 Å². The van der Waals surface area contributed by atoms with E-state index in [1.165, 1.54) is 0 Å². The summed E-state index contributed by atoms with van der Waals surface area (Å²) in [6.07, 6.45) is -0.0146. The van der Waals surface area contributed by atoms with Crippen molar-refractivity contribution in [3.05, 3.63) is 0 Å². The zero-order valence-corrected chi connectivity index (χ0v) is 12.5. The van der Waals surface area contributed by atoms with Gasteiger partial charge in [-0.2, -0.15) is 13.2 Å². The molecule has 1 aliphatic rings. The van der Waals surface area contributed by atoms with Gasteiger partial charge in [0.1, 0.15) is 0 Å². The van der Waals surface area contributed by atoms with Crippen molar-refractivity contribution in [2.24, 2.45) is 11.8 Å². The Kier molecular flexibility index (Phi) is 7.18. The van der Waals surface area contributed by atoms with Crippen LogP contribution < -0.4 is 5.32 Å². The number of rotatable bonds is 6. The van der Waals surface area contributed by atoms with Crippen molar-refractivity contribution in [3.8, 4) is 0 Å². The highest BCUT2D eigenvalue weighted by Crippen LogP contribution is 2.39. The van der Waals surface area contributed by atoms with Crippen molar-refractivity contribution in [2.75, 3.05) is 11.9 Å². The minimum absolute atomic E-state index is 0.0449. The molecule has 0 heterocycles. The van der Waals surface area contributed by atoms with Crippen molar-refractivity contribution in [1.82, 2.24) is 5.32 Å². The van der Waals surface area contributed by atoms with Gasteiger partial charge in [0, 0.05) is 17.8 Å². The van der Waals surface area contributed by atoms with Crippen molar-refractivity contribution >= 4 is 21.8 Å². The molecule has 19 heavy (non-hydrogen) atoms. The van der Waals surface area contributed by atoms with Crippen LogP contribution in [0.5, 0.6) is 0 Å². The topological polar surface area (TPSA) is 29.1 Å². The molecule has 1 saturated carbocycles. The highest BCUT2D eigenvalue weighted by atomic mass is 79.9. The van der Waals surface area contributed by atoms with Crippen LogP contribution in [0.3, 0.4) is 0 Å². The van der Waals surface area contributed by atoms with E-state index in [1.54, 1.807) is 0 Å². The van der Waals surface area contributed by atoms with Crippen LogP contribution in [-0.4, -0.2) is 24.0 Å². The lowest BCUT2D eigenvalue weighted by Gasteiger charge is -2.29. The standard InChI is InChI=1S/C13H21BrF3NO/c14-7-2-1-3-8-18-12(19)10-5-4-6-11(9-10)13(15,16)17/h10-11H,1-9H2,(H,18,19). The third kappa shape index (κ3) is 6.15. The number of amides is 1. The monoisotopic (exact) mass is 343 g/mol. The lowest BCUT2D eigenvalue weighted by Crippen LogP contribution is -2.37. The number of unbranched alkanes of at least 4 members (excludes halogenated alkanes) is 2. The highest BCUT2D eigenvalue weighted by Gasteiger charge is 2.43. The molecule has 1 amide bonds. The smallest absolute Gasteiger partial charge is 0.356 e. The summed E-state index contributed by atoms with van der Waals surface area (Å²) < 4.78 is 37.9. The fraction of sp³-hybridized carbons (Fsp3) is 0.923. The maximum absolute atomic E-state index is 12.6. The second-order valence-electron chi connectivity index (χ2n) is 5.14. The van der Waals surface area contributed by atoms with Gasteiger partial charge in [-0.15, -0.1) is 0 Å². The van der Waals surface area contributed by atoms with Gasteiger partial charge in [-0.3, -0.25) is 4.79 Å². The van der Waals surface area contributed by atoms with E-state index in [1.807, 2.05) is 0 Å². The Balaban J connectivity index is 2.28. The molecule has 0 aliphatic heterocycles. The molecule has 2 unspecified atom stereocenters. The first-order chi connectivity index (χ1) is 8.95. The number of hydrogen-bond donors (Lipinski definition) is 1. The molecular formula is C13H21BrF3NO. The van der Waals surface area contributed by atoms with Gasteiger partial charge in [0.05, 0.1) is 5.92 Å². The summed E-state index contributed by atoms with van der Waals surface area (Å²) in [6, 6.07) is 0. The van der Waals surface area contributed by atoms with E-state index < -0.39 is 18.0 Å². The maximum Gasteiger partial charge on any atom is 0.391 e. The van der Waals surface area contributed by atoms with Gasteiger partial charge in [-0.1, -0.05) is 28.8 Å². The molecule has 2 atom stereocenters. The molecule has 112 valence electrons. The van der Waals surface area contributed by atoms with Crippen molar-refractivity contribution < 1.29 is 18.0 Å². The van der Waals surface area contributed by atoms with Gasteiger partial charge in [0.15, 0.2) is 0 Å². The molecule has 2 nitrogen and oxygen atoms in total. The summed E-state index contributed by atoms with van der Waals surface area (Å²) in [5.41, 5.74) is 0. The first-order valence-electron chi connectivity index (χ1n) is 6.85. The number of alkyl halides is 4. The molecule has 6 heteroatoms. The molecule has 0 spiro atoms. The molecule has 1 rings (SSSR count). The summed E-state index contributed by atoms with van der Waals surface area (Å²) in [5, 5.41) is 3.70. The van der Waals surface area contributed by atoms with E-state index >= 15 is 0 Å². The van der Waals surface area contributed by atoms with Gasteiger partial charge in [0.2, 0.25) is 5.91 Å². The Labute approximate surface area is 120 Å². The molecule has 0 aromatic carbocycles. The van der Waals surface area contributed by atoms with E-state index in [9.17, 15) is 18.0 Å². The van der Waals surface area contributed by atoms with Crippen LogP contribution in [0, 0.1) is 11.8 Å². The third-order valence-corrected chi connectivity index (χ3v) is 4.18. The molecule has 1 fully saturated rings. The quantitative estimate of drug-likeness (QED) is 0.572. The molecular weight excluding hydrogens is 323 g/mol. The van der Waals surface area contributed by atoms with Gasteiger partial charge < -0.3 is 5.32 Å². The average molecular weight is 344 g/mol. The SMILES string of the molecule is O=C(NCCCCCBr)C1CCCC(C(F)(F)F)C1. The van der Waals surface area contributed by atoms with Crippen molar-refractivity contribution in [3.63, 3.8) is 0 Å². The lowest BCUT2D eigenvalue weighted by molar-refractivity contribution is -0.186. The van der Waals surface area contributed by atoms with Gasteiger partial charge >= 0.3 is 6.18 Å². The Morgan fingerprint density at radius 2 is 1.95 bits per heavy atom. The molecule has 0 bridgehead atoms. The molecule has 0 radical (unpaired) electrons. The Morgan fingerprint density at radius 1 is 1.21 bits per heavy atom. The maximum atomic E-state index is 12.6. The highest BCUT2D eigenvalue weighted by molar-refractivity contribution is 9.09. The van der Waals surface area contributed by atoms with E-state index in [4.69, 9.17) is 0 Å². The molecule has 0 saturated heterocycles. The largest absolute Gasteiger partial charge is 0.391 e. The van der Waals surface area contributed by atoms with Crippen LogP contribution in [0.15, 0.2) is 0 Å². The molecule has 0 aromatic rings. The number of carbonyl (C=O) groups is 1. The zero-order valence-electron chi connectivity index (χ0n) is 10.9. The van der Waals surface area contributed by atoms with Crippen molar-refractivity contribution in [1.29, 1.82) is 0 Å². The van der Waals surface area contributed by atoms with E-state index in [2.05, 4.69) is 21.2 Å². The average Bonchev–Trinajstić information content (AvgIpc) is 2.37. The van der Waals surface area contributed by atoms with E-state index in [-0.39, 0.29) is 18.7 Å². The summed E-state index contributed by atoms with van der Waals surface area (Å²) in [4.78, 5) is 11.8. The fourth-order valence-corrected chi connectivity index (χ4v) is 2.87. The molecule has 1 aliphatic carbocycles. The second kappa shape index (κ2) is 8.12. The minimum Gasteiger partial charge on any atom is -0.356 e. The van der Waals surface area contributed by atoms with Crippen LogP contribution in [-0.2, 0) is 4.79 Å². The minimum atomic E-state index is -4.16.